The number of halogens is 2. The number of alkyl halides is 2. The van der Waals surface area contributed by atoms with Crippen molar-refractivity contribution in [3.63, 3.8) is 0 Å². The number of nitrogens with one attached hydrogen (secondary N) is 1. The van der Waals surface area contributed by atoms with Crippen LogP contribution in [-0.4, -0.2) is 22.7 Å². The zero-order valence-electron chi connectivity index (χ0n) is 12.3. The van der Waals surface area contributed by atoms with Gasteiger partial charge in [-0.3, -0.25) is 4.79 Å². The third kappa shape index (κ3) is 4.00. The molecule has 0 unspecified atom stereocenters. The van der Waals surface area contributed by atoms with Crippen LogP contribution in [0, 0.1) is 0 Å². The summed E-state index contributed by atoms with van der Waals surface area (Å²) in [7, 11) is 0. The monoisotopic (exact) mass is 311 g/mol. The molecule has 0 atom stereocenters. The molecule has 1 amide bonds. The number of carbonyl (C=O) groups is 1. The Kier molecular flexibility index (Phi) is 4.39. The summed E-state index contributed by atoms with van der Waals surface area (Å²) in [5.41, 5.74) is -0.128. The lowest BCUT2D eigenvalue weighted by atomic mass is 9.93. The molecular weight excluding hydrogens is 296 g/mol. The topological polar surface area (TPSA) is 77.2 Å². The number of ether oxygens (including phenoxy) is 1. The zero-order valence-corrected chi connectivity index (χ0v) is 12.3. The van der Waals surface area contributed by atoms with Crippen LogP contribution in [0.3, 0.4) is 0 Å². The first-order valence-electron chi connectivity index (χ1n) is 6.45. The number of amides is 1. The van der Waals surface area contributed by atoms with Crippen molar-refractivity contribution in [2.45, 2.75) is 32.8 Å². The van der Waals surface area contributed by atoms with Gasteiger partial charge < -0.3 is 14.6 Å². The second-order valence-electron chi connectivity index (χ2n) is 5.54. The fraction of sp³-hybridized carbons (Fsp3) is 0.357. The van der Waals surface area contributed by atoms with Gasteiger partial charge in [-0.25, -0.2) is 4.98 Å². The minimum absolute atomic E-state index is 0.117. The number of hydrogen-bond acceptors (Lipinski definition) is 5. The van der Waals surface area contributed by atoms with Crippen LogP contribution in [-0.2, 0) is 5.41 Å². The smallest absolute Gasteiger partial charge is 0.388 e. The van der Waals surface area contributed by atoms with Crippen LogP contribution in [0.1, 0.15) is 36.9 Å². The second kappa shape index (κ2) is 6.08. The molecule has 2 rings (SSSR count). The van der Waals surface area contributed by atoms with Crippen LogP contribution >= 0.6 is 0 Å². The van der Waals surface area contributed by atoms with E-state index in [2.05, 4.69) is 20.2 Å². The average Bonchev–Trinajstić information content (AvgIpc) is 2.86. The van der Waals surface area contributed by atoms with Crippen LogP contribution in [0.25, 0.3) is 0 Å². The van der Waals surface area contributed by atoms with Gasteiger partial charge >= 0.3 is 6.61 Å². The Hall–Kier alpha value is -2.51. The van der Waals surface area contributed by atoms with Gasteiger partial charge in [-0.1, -0.05) is 25.9 Å². The van der Waals surface area contributed by atoms with Gasteiger partial charge in [-0.15, -0.1) is 0 Å². The number of hydrogen-bond donors (Lipinski definition) is 1. The maximum Gasteiger partial charge on any atom is 0.388 e. The van der Waals surface area contributed by atoms with Crippen molar-refractivity contribution >= 4 is 11.7 Å². The highest BCUT2D eigenvalue weighted by atomic mass is 19.3. The molecule has 2 aromatic rings. The van der Waals surface area contributed by atoms with Crippen LogP contribution in [0.5, 0.6) is 5.88 Å². The van der Waals surface area contributed by atoms with Gasteiger partial charge in [-0.05, 0) is 6.07 Å². The predicted octanol–water partition coefficient (Wildman–Crippen LogP) is 3.22. The fourth-order valence-corrected chi connectivity index (χ4v) is 1.58. The molecular formula is C14H15F2N3O3. The van der Waals surface area contributed by atoms with Gasteiger partial charge in [0.25, 0.3) is 5.91 Å². The van der Waals surface area contributed by atoms with E-state index >= 15 is 0 Å². The van der Waals surface area contributed by atoms with E-state index in [0.29, 0.717) is 5.76 Å². The average molecular weight is 311 g/mol. The third-order valence-corrected chi connectivity index (χ3v) is 2.70. The summed E-state index contributed by atoms with van der Waals surface area (Å²) in [5, 5.41) is 6.26. The molecule has 0 saturated carbocycles. The van der Waals surface area contributed by atoms with Crippen LogP contribution in [0.2, 0.25) is 0 Å². The van der Waals surface area contributed by atoms with E-state index in [4.69, 9.17) is 4.52 Å². The highest BCUT2D eigenvalue weighted by Gasteiger charge is 2.20. The lowest BCUT2D eigenvalue weighted by Crippen LogP contribution is -2.13. The van der Waals surface area contributed by atoms with E-state index in [-0.39, 0.29) is 22.7 Å². The van der Waals surface area contributed by atoms with Gasteiger partial charge in [0.05, 0.1) is 0 Å². The second-order valence-corrected chi connectivity index (χ2v) is 5.54. The Morgan fingerprint density at radius 2 is 2.09 bits per heavy atom. The number of anilines is 1. The molecule has 8 heteroatoms. The summed E-state index contributed by atoms with van der Waals surface area (Å²) < 4.78 is 33.5. The Morgan fingerprint density at radius 1 is 1.36 bits per heavy atom. The zero-order chi connectivity index (χ0) is 16.3. The summed E-state index contributed by atoms with van der Waals surface area (Å²) in [5.74, 6) is -0.0178. The maximum atomic E-state index is 12.1. The van der Waals surface area contributed by atoms with Crippen LogP contribution in [0.4, 0.5) is 14.6 Å². The summed E-state index contributed by atoms with van der Waals surface area (Å²) in [6, 6.07) is 4.10. The molecule has 0 aliphatic carbocycles. The van der Waals surface area contributed by atoms with Gasteiger partial charge in [0, 0.05) is 29.3 Å². The Bertz CT molecular complexity index is 665. The van der Waals surface area contributed by atoms with Gasteiger partial charge in [0.15, 0.2) is 5.82 Å². The molecule has 2 aromatic heterocycles. The predicted molar refractivity (Wildman–Crippen MR) is 74.0 cm³/mol. The maximum absolute atomic E-state index is 12.1. The first-order chi connectivity index (χ1) is 10.3. The van der Waals surface area contributed by atoms with E-state index in [0.717, 1.165) is 6.07 Å². The molecule has 6 nitrogen and oxygen atoms in total. The Labute approximate surface area is 125 Å². The minimum atomic E-state index is -3.00. The molecule has 0 aliphatic rings. The third-order valence-electron chi connectivity index (χ3n) is 2.70. The summed E-state index contributed by atoms with van der Waals surface area (Å²) >= 11 is 0. The fourth-order valence-electron chi connectivity index (χ4n) is 1.58. The normalized spacial score (nSPS) is 11.5. The molecule has 0 spiro atoms. The minimum Gasteiger partial charge on any atom is -0.417 e. The first kappa shape index (κ1) is 15.9. The number of rotatable bonds is 4. The standard InChI is InChI=1S/C14H15F2N3O3/c1-14(2,3)9-7-10(19-22-9)18-12(20)8-4-5-17-11(6-8)21-13(15)16/h4-7,13H,1-3H3,(H,18,19,20). The Balaban J connectivity index is 2.10. The molecule has 0 saturated heterocycles. The molecule has 0 fully saturated rings. The van der Waals surface area contributed by atoms with Crippen molar-refractivity contribution in [3.8, 4) is 5.88 Å². The quantitative estimate of drug-likeness (QED) is 0.938. The lowest BCUT2D eigenvalue weighted by Gasteiger charge is -2.12. The van der Waals surface area contributed by atoms with Gasteiger partial charge in [-0.2, -0.15) is 8.78 Å². The van der Waals surface area contributed by atoms with Crippen LogP contribution in [0.15, 0.2) is 28.9 Å². The number of nitrogens with zero attached hydrogens (tertiary/aromatic N) is 2. The highest BCUT2D eigenvalue weighted by Crippen LogP contribution is 2.24. The van der Waals surface area contributed by atoms with Gasteiger partial charge in [0.1, 0.15) is 5.76 Å². The van der Waals surface area contributed by atoms with Crippen molar-refractivity contribution in [2.75, 3.05) is 5.32 Å². The van der Waals surface area contributed by atoms with E-state index < -0.39 is 12.5 Å². The summed E-state index contributed by atoms with van der Waals surface area (Å²) in [6.45, 7) is 2.82. The summed E-state index contributed by atoms with van der Waals surface area (Å²) in [4.78, 5) is 15.6. The number of aromatic nitrogens is 2. The molecule has 2 heterocycles. The summed E-state index contributed by atoms with van der Waals surface area (Å²) in [6.07, 6.45) is 1.20. The molecule has 1 N–H and O–H groups in total. The van der Waals surface area contributed by atoms with E-state index in [9.17, 15) is 13.6 Å². The largest absolute Gasteiger partial charge is 0.417 e. The molecule has 22 heavy (non-hydrogen) atoms. The van der Waals surface area contributed by atoms with Crippen molar-refractivity contribution in [1.82, 2.24) is 10.1 Å². The molecule has 0 aromatic carbocycles. The van der Waals surface area contributed by atoms with E-state index in [1.54, 1.807) is 6.07 Å². The lowest BCUT2D eigenvalue weighted by molar-refractivity contribution is -0.0528. The molecule has 118 valence electrons. The Morgan fingerprint density at radius 3 is 2.68 bits per heavy atom. The van der Waals surface area contributed by atoms with E-state index in [1.807, 2.05) is 20.8 Å². The van der Waals surface area contributed by atoms with Crippen molar-refractivity contribution < 1.29 is 22.8 Å². The van der Waals surface area contributed by atoms with Crippen LogP contribution < -0.4 is 10.1 Å². The highest BCUT2D eigenvalue weighted by molar-refractivity contribution is 6.03. The molecule has 0 radical (unpaired) electrons. The molecule has 0 aliphatic heterocycles. The van der Waals surface area contributed by atoms with Crippen molar-refractivity contribution in [1.29, 1.82) is 0 Å². The van der Waals surface area contributed by atoms with Crippen molar-refractivity contribution in [3.05, 3.63) is 35.7 Å². The van der Waals surface area contributed by atoms with E-state index in [1.165, 1.54) is 12.3 Å². The SMILES string of the molecule is CC(C)(C)c1cc(NC(=O)c2ccnc(OC(F)F)c2)no1. The molecule has 0 bridgehead atoms. The number of pyridine rings is 1. The van der Waals surface area contributed by atoms with Crippen molar-refractivity contribution in [2.24, 2.45) is 0 Å². The van der Waals surface area contributed by atoms with Gasteiger partial charge in [0.2, 0.25) is 5.88 Å². The first-order valence-corrected chi connectivity index (χ1v) is 6.45. The number of carbonyl (C=O) groups excluding carboxylic acids is 1.